The number of benzene rings is 1. The van der Waals surface area contributed by atoms with Gasteiger partial charge in [0.2, 0.25) is 5.28 Å². The standard InChI is InChI=1S/C20H26ClN5O5/c1-4-20(18(28)29)14(27)13(30-3)17(31-20)24-16-12(22)15(25-19(21)26-16)23-9-11-7-5-6-10(2)8-11/h5-8,13-14,17,27H,4,9,22H2,1-3H3,(H,28,29)(H2,23,24,25,26)/t13?,14?,17?,20-/m0/s1. The number of carbonyl (C=O) groups is 1. The van der Waals surface area contributed by atoms with Crippen LogP contribution in [-0.4, -0.2) is 57.3 Å². The van der Waals surface area contributed by atoms with Crippen LogP contribution in [0.1, 0.15) is 24.5 Å². The highest BCUT2D eigenvalue weighted by molar-refractivity contribution is 6.28. The number of nitrogens with one attached hydrogen (secondary N) is 2. The largest absolute Gasteiger partial charge is 0.479 e. The maximum absolute atomic E-state index is 11.8. The molecule has 1 aromatic heterocycles. The van der Waals surface area contributed by atoms with Crippen LogP contribution in [0.3, 0.4) is 0 Å². The minimum Gasteiger partial charge on any atom is -0.479 e. The van der Waals surface area contributed by atoms with Gasteiger partial charge in [0.05, 0.1) is 0 Å². The number of carboxylic acids is 1. The van der Waals surface area contributed by atoms with Crippen LogP contribution in [-0.2, 0) is 20.8 Å². The van der Waals surface area contributed by atoms with Crippen LogP contribution >= 0.6 is 11.6 Å². The van der Waals surface area contributed by atoms with Gasteiger partial charge in [-0.15, -0.1) is 0 Å². The first kappa shape index (κ1) is 23.0. The van der Waals surface area contributed by atoms with Crippen molar-refractivity contribution in [1.82, 2.24) is 9.97 Å². The molecule has 31 heavy (non-hydrogen) atoms. The van der Waals surface area contributed by atoms with E-state index in [1.165, 1.54) is 7.11 Å². The van der Waals surface area contributed by atoms with Crippen molar-refractivity contribution in [3.8, 4) is 0 Å². The van der Waals surface area contributed by atoms with Gasteiger partial charge in [-0.25, -0.2) is 4.79 Å². The minimum absolute atomic E-state index is 0.0326. The molecule has 11 heteroatoms. The molecule has 1 saturated heterocycles. The second kappa shape index (κ2) is 9.23. The molecule has 0 bridgehead atoms. The number of rotatable bonds is 8. The zero-order chi connectivity index (χ0) is 22.8. The summed E-state index contributed by atoms with van der Waals surface area (Å²) in [4.78, 5) is 20.0. The number of aliphatic hydroxyl groups excluding tert-OH is 1. The summed E-state index contributed by atoms with van der Waals surface area (Å²) >= 11 is 6.07. The Morgan fingerprint density at radius 1 is 1.39 bits per heavy atom. The first-order valence-corrected chi connectivity index (χ1v) is 10.1. The normalized spacial score (nSPS) is 25.4. The molecule has 3 rings (SSSR count). The Kier molecular flexibility index (Phi) is 6.85. The second-order valence-electron chi connectivity index (χ2n) is 7.32. The molecule has 0 aliphatic carbocycles. The third-order valence-corrected chi connectivity index (χ3v) is 5.49. The van der Waals surface area contributed by atoms with Gasteiger partial charge in [-0.1, -0.05) is 36.8 Å². The van der Waals surface area contributed by atoms with Crippen molar-refractivity contribution in [2.24, 2.45) is 0 Å². The van der Waals surface area contributed by atoms with E-state index in [4.69, 9.17) is 26.8 Å². The summed E-state index contributed by atoms with van der Waals surface area (Å²) in [5.41, 5.74) is 6.71. The molecule has 0 radical (unpaired) electrons. The molecule has 1 fully saturated rings. The molecule has 3 unspecified atom stereocenters. The number of halogens is 1. The fourth-order valence-corrected chi connectivity index (χ4v) is 3.78. The van der Waals surface area contributed by atoms with Gasteiger partial charge in [-0.05, 0) is 30.5 Å². The van der Waals surface area contributed by atoms with E-state index < -0.39 is 30.0 Å². The molecule has 0 spiro atoms. The van der Waals surface area contributed by atoms with Crippen LogP contribution in [0.4, 0.5) is 17.3 Å². The van der Waals surface area contributed by atoms with Crippen LogP contribution in [0.5, 0.6) is 0 Å². The van der Waals surface area contributed by atoms with Gasteiger partial charge in [-0.2, -0.15) is 9.97 Å². The lowest BCUT2D eigenvalue weighted by Crippen LogP contribution is -2.49. The van der Waals surface area contributed by atoms with E-state index >= 15 is 0 Å². The average molecular weight is 452 g/mol. The topological polar surface area (TPSA) is 152 Å². The van der Waals surface area contributed by atoms with Crippen molar-refractivity contribution in [2.45, 2.75) is 50.8 Å². The van der Waals surface area contributed by atoms with E-state index in [9.17, 15) is 15.0 Å². The van der Waals surface area contributed by atoms with Gasteiger partial charge in [0.1, 0.15) is 17.9 Å². The number of aliphatic carboxylic acids is 1. The lowest BCUT2D eigenvalue weighted by molar-refractivity contribution is -0.172. The SMILES string of the molecule is CC[C@]1(C(=O)O)OC(Nc2nc(Cl)nc(NCc3cccc(C)c3)c2N)C(OC)C1O. The Morgan fingerprint density at radius 2 is 2.10 bits per heavy atom. The van der Waals surface area contributed by atoms with Gasteiger partial charge in [0.15, 0.2) is 23.5 Å². The summed E-state index contributed by atoms with van der Waals surface area (Å²) in [6.07, 6.45) is -3.39. The van der Waals surface area contributed by atoms with Crippen molar-refractivity contribution < 1.29 is 24.5 Å². The fraction of sp³-hybridized carbons (Fsp3) is 0.450. The third kappa shape index (κ3) is 4.52. The van der Waals surface area contributed by atoms with Crippen LogP contribution in [0, 0.1) is 6.92 Å². The molecular formula is C20H26ClN5O5. The molecule has 6 N–H and O–H groups in total. The van der Waals surface area contributed by atoms with Crippen molar-refractivity contribution in [2.75, 3.05) is 23.5 Å². The van der Waals surface area contributed by atoms with E-state index in [-0.39, 0.29) is 23.2 Å². The number of aliphatic hydroxyl groups is 1. The van der Waals surface area contributed by atoms with E-state index in [0.29, 0.717) is 12.4 Å². The Labute approximate surface area is 184 Å². The third-order valence-electron chi connectivity index (χ3n) is 5.32. The van der Waals surface area contributed by atoms with E-state index in [2.05, 4.69) is 20.6 Å². The number of aryl methyl sites for hydroxylation is 1. The summed E-state index contributed by atoms with van der Waals surface area (Å²) in [5, 5.41) is 26.1. The summed E-state index contributed by atoms with van der Waals surface area (Å²) in [6, 6.07) is 7.94. The Hall–Kier alpha value is -2.66. The maximum atomic E-state index is 11.8. The van der Waals surface area contributed by atoms with E-state index in [1.807, 2.05) is 31.2 Å². The van der Waals surface area contributed by atoms with Crippen LogP contribution < -0.4 is 16.4 Å². The smallest absolute Gasteiger partial charge is 0.338 e. The first-order valence-electron chi connectivity index (χ1n) is 9.72. The summed E-state index contributed by atoms with van der Waals surface area (Å²) < 4.78 is 11.0. The van der Waals surface area contributed by atoms with Gasteiger partial charge >= 0.3 is 5.97 Å². The monoisotopic (exact) mass is 451 g/mol. The number of nitrogen functional groups attached to an aromatic ring is 1. The molecule has 0 saturated carbocycles. The molecule has 168 valence electrons. The predicted octanol–water partition coefficient (Wildman–Crippen LogP) is 2.01. The number of nitrogens with two attached hydrogens (primary N) is 1. The molecule has 1 aliphatic heterocycles. The summed E-state index contributed by atoms with van der Waals surface area (Å²) in [5.74, 6) is -0.858. The number of carboxylic acid groups (broad SMARTS) is 1. The maximum Gasteiger partial charge on any atom is 0.338 e. The number of nitrogens with zero attached hydrogens (tertiary/aromatic N) is 2. The number of anilines is 3. The van der Waals surface area contributed by atoms with Crippen molar-refractivity contribution >= 4 is 34.9 Å². The molecule has 1 aliphatic rings. The number of hydrogen-bond acceptors (Lipinski definition) is 9. The Morgan fingerprint density at radius 3 is 2.71 bits per heavy atom. The van der Waals surface area contributed by atoms with Crippen molar-refractivity contribution in [1.29, 1.82) is 0 Å². The lowest BCUT2D eigenvalue weighted by Gasteiger charge is -2.25. The number of ether oxygens (including phenoxy) is 2. The van der Waals surface area contributed by atoms with Gasteiger partial charge in [0, 0.05) is 13.7 Å². The van der Waals surface area contributed by atoms with Crippen molar-refractivity contribution in [3.05, 3.63) is 40.7 Å². The van der Waals surface area contributed by atoms with E-state index in [1.54, 1.807) is 6.92 Å². The molecular weight excluding hydrogens is 426 g/mol. The van der Waals surface area contributed by atoms with Gasteiger partial charge < -0.3 is 36.1 Å². The molecule has 1 aromatic carbocycles. The van der Waals surface area contributed by atoms with Crippen LogP contribution in [0.15, 0.2) is 24.3 Å². The fourth-order valence-electron chi connectivity index (χ4n) is 3.61. The molecule has 2 heterocycles. The quantitative estimate of drug-likeness (QED) is 0.377. The Balaban J connectivity index is 1.83. The zero-order valence-corrected chi connectivity index (χ0v) is 18.2. The predicted molar refractivity (Wildman–Crippen MR) is 116 cm³/mol. The van der Waals surface area contributed by atoms with Crippen LogP contribution in [0.25, 0.3) is 0 Å². The van der Waals surface area contributed by atoms with E-state index in [0.717, 1.165) is 11.1 Å². The highest BCUT2D eigenvalue weighted by Crippen LogP contribution is 2.37. The highest BCUT2D eigenvalue weighted by atomic mass is 35.5. The molecule has 10 nitrogen and oxygen atoms in total. The van der Waals surface area contributed by atoms with Crippen molar-refractivity contribution in [3.63, 3.8) is 0 Å². The summed E-state index contributed by atoms with van der Waals surface area (Å²) in [7, 11) is 1.35. The minimum atomic E-state index is -1.82. The lowest BCUT2D eigenvalue weighted by atomic mass is 9.92. The summed E-state index contributed by atoms with van der Waals surface area (Å²) in [6.45, 7) is 4.06. The van der Waals surface area contributed by atoms with Gasteiger partial charge in [-0.3, -0.25) is 0 Å². The molecule has 4 atom stereocenters. The zero-order valence-electron chi connectivity index (χ0n) is 17.4. The highest BCUT2D eigenvalue weighted by Gasteiger charge is 2.59. The number of aromatic nitrogens is 2. The molecule has 0 amide bonds. The Bertz CT molecular complexity index is 962. The number of hydrogen-bond donors (Lipinski definition) is 5. The number of methoxy groups -OCH3 is 1. The second-order valence-corrected chi connectivity index (χ2v) is 7.66. The molecule has 2 aromatic rings. The first-order chi connectivity index (χ1) is 14.7. The van der Waals surface area contributed by atoms with Crippen LogP contribution in [0.2, 0.25) is 5.28 Å². The van der Waals surface area contributed by atoms with Gasteiger partial charge in [0.25, 0.3) is 0 Å². The average Bonchev–Trinajstić information content (AvgIpc) is 3.01.